The van der Waals surface area contributed by atoms with Gasteiger partial charge < -0.3 is 9.84 Å². The quantitative estimate of drug-likeness (QED) is 0.798. The van der Waals surface area contributed by atoms with E-state index in [4.69, 9.17) is 9.78 Å². The van der Waals surface area contributed by atoms with Crippen LogP contribution in [0.3, 0.4) is 0 Å². The Kier molecular flexibility index (Phi) is 4.11. The molecule has 0 aliphatic heterocycles. The minimum atomic E-state index is -0.361. The number of rotatable bonds is 4. The summed E-state index contributed by atoms with van der Waals surface area (Å²) in [7, 11) is 0. The highest BCUT2D eigenvalue weighted by atomic mass is 16.5. The lowest BCUT2D eigenvalue weighted by Gasteiger charge is -2.03. The molecule has 0 atom stereocenters. The number of benzene rings is 2. The Bertz CT molecular complexity index is 866. The lowest BCUT2D eigenvalue weighted by Crippen LogP contribution is -2.09. The number of nitrogens with one attached hydrogen (secondary N) is 1. The highest BCUT2D eigenvalue weighted by Gasteiger charge is 2.11. The number of hydrogen-bond donors (Lipinski definition) is 1. The topological polar surface area (TPSA) is 91.8 Å². The van der Waals surface area contributed by atoms with Crippen molar-refractivity contribution in [1.82, 2.24) is 10.1 Å². The van der Waals surface area contributed by atoms with Crippen LogP contribution in [-0.2, 0) is 4.79 Å². The molecule has 0 fully saturated rings. The van der Waals surface area contributed by atoms with E-state index in [0.717, 1.165) is 5.56 Å². The van der Waals surface area contributed by atoms with E-state index in [2.05, 4.69) is 15.5 Å². The Labute approximate surface area is 132 Å². The fraction of sp³-hybridized carbons (Fsp3) is 0.0588. The fourth-order valence-electron chi connectivity index (χ4n) is 2.05. The minimum absolute atomic E-state index is 0.192. The molecule has 0 radical (unpaired) electrons. The van der Waals surface area contributed by atoms with Gasteiger partial charge in [0, 0.05) is 16.8 Å². The smallest absolute Gasteiger partial charge is 0.258 e. The van der Waals surface area contributed by atoms with E-state index >= 15 is 0 Å². The Morgan fingerprint density at radius 1 is 1.13 bits per heavy atom. The molecule has 0 bridgehead atoms. The summed E-state index contributed by atoms with van der Waals surface area (Å²) in [6, 6.07) is 18.3. The first-order valence-electron chi connectivity index (χ1n) is 6.92. The SMILES string of the molecule is N#CCC(=O)Nc1cccc(-c2nc(-c3ccccc3)no2)c1. The van der Waals surface area contributed by atoms with Gasteiger partial charge >= 0.3 is 0 Å². The Balaban J connectivity index is 1.84. The van der Waals surface area contributed by atoms with Gasteiger partial charge in [0.15, 0.2) is 0 Å². The number of nitriles is 1. The van der Waals surface area contributed by atoms with Crippen LogP contribution in [0.25, 0.3) is 22.8 Å². The van der Waals surface area contributed by atoms with Crippen molar-refractivity contribution < 1.29 is 9.32 Å². The second-order valence-electron chi connectivity index (χ2n) is 4.75. The third-order valence-corrected chi connectivity index (χ3v) is 3.09. The van der Waals surface area contributed by atoms with Crippen molar-refractivity contribution >= 4 is 11.6 Å². The molecule has 0 saturated heterocycles. The van der Waals surface area contributed by atoms with Crippen LogP contribution in [0, 0.1) is 11.3 Å². The number of aromatic nitrogens is 2. The molecule has 6 nitrogen and oxygen atoms in total. The molecule has 0 spiro atoms. The number of carbonyl (C=O) groups excluding carboxylic acids is 1. The second kappa shape index (κ2) is 6.54. The van der Waals surface area contributed by atoms with E-state index in [9.17, 15) is 4.79 Å². The third-order valence-electron chi connectivity index (χ3n) is 3.09. The van der Waals surface area contributed by atoms with Crippen LogP contribution >= 0.6 is 0 Å². The zero-order valence-electron chi connectivity index (χ0n) is 12.1. The molecule has 3 rings (SSSR count). The molecule has 0 unspecified atom stereocenters. The zero-order chi connectivity index (χ0) is 16.1. The minimum Gasteiger partial charge on any atom is -0.334 e. The molecule has 0 saturated carbocycles. The molecule has 2 aromatic carbocycles. The molecule has 1 heterocycles. The van der Waals surface area contributed by atoms with Crippen LogP contribution in [0.5, 0.6) is 0 Å². The number of nitrogens with zero attached hydrogens (tertiary/aromatic N) is 3. The summed E-state index contributed by atoms with van der Waals surface area (Å²) in [6.07, 6.45) is -0.192. The summed E-state index contributed by atoms with van der Waals surface area (Å²) < 4.78 is 5.29. The zero-order valence-corrected chi connectivity index (χ0v) is 12.1. The third kappa shape index (κ3) is 3.41. The lowest BCUT2D eigenvalue weighted by atomic mass is 10.2. The second-order valence-corrected chi connectivity index (χ2v) is 4.75. The predicted molar refractivity (Wildman–Crippen MR) is 84.0 cm³/mol. The van der Waals surface area contributed by atoms with Crippen LogP contribution in [0.2, 0.25) is 0 Å². The van der Waals surface area contributed by atoms with Gasteiger partial charge in [-0.2, -0.15) is 10.2 Å². The van der Waals surface area contributed by atoms with Crippen LogP contribution in [0.1, 0.15) is 6.42 Å². The highest BCUT2D eigenvalue weighted by molar-refractivity contribution is 5.92. The molecule has 23 heavy (non-hydrogen) atoms. The van der Waals surface area contributed by atoms with Crippen LogP contribution in [-0.4, -0.2) is 16.0 Å². The summed E-state index contributed by atoms with van der Waals surface area (Å²) in [5.74, 6) is 0.500. The van der Waals surface area contributed by atoms with Crippen molar-refractivity contribution in [2.24, 2.45) is 0 Å². The average molecular weight is 304 g/mol. The van der Waals surface area contributed by atoms with Gasteiger partial charge in [0.1, 0.15) is 6.42 Å². The van der Waals surface area contributed by atoms with Gasteiger partial charge in [0.2, 0.25) is 11.7 Å². The fourth-order valence-corrected chi connectivity index (χ4v) is 2.05. The van der Waals surface area contributed by atoms with Crippen LogP contribution in [0.15, 0.2) is 59.1 Å². The molecule has 3 aromatic rings. The molecule has 0 aliphatic carbocycles. The average Bonchev–Trinajstić information content (AvgIpc) is 3.06. The molecular weight excluding hydrogens is 292 g/mol. The largest absolute Gasteiger partial charge is 0.334 e. The monoisotopic (exact) mass is 304 g/mol. The maximum Gasteiger partial charge on any atom is 0.258 e. The number of hydrogen-bond acceptors (Lipinski definition) is 5. The molecule has 1 amide bonds. The van der Waals surface area contributed by atoms with E-state index in [0.29, 0.717) is 23.0 Å². The molecule has 112 valence electrons. The summed E-state index contributed by atoms with van der Waals surface area (Å²) in [6.45, 7) is 0. The summed E-state index contributed by atoms with van der Waals surface area (Å²) in [5, 5.41) is 15.1. The van der Waals surface area contributed by atoms with Crippen molar-refractivity contribution in [3.05, 3.63) is 54.6 Å². The first-order valence-corrected chi connectivity index (χ1v) is 6.92. The van der Waals surface area contributed by atoms with Gasteiger partial charge in [-0.15, -0.1) is 0 Å². The van der Waals surface area contributed by atoms with E-state index < -0.39 is 0 Å². The molecule has 1 aromatic heterocycles. The normalized spacial score (nSPS) is 10.0. The first kappa shape index (κ1) is 14.5. The maximum atomic E-state index is 11.5. The standard InChI is InChI=1S/C17H12N4O2/c18-10-9-15(22)19-14-8-4-7-13(11-14)17-20-16(21-23-17)12-5-2-1-3-6-12/h1-8,11H,9H2,(H,19,22). The van der Waals surface area contributed by atoms with Crippen molar-refractivity contribution in [2.45, 2.75) is 6.42 Å². The number of carbonyl (C=O) groups is 1. The molecular formula is C17H12N4O2. The van der Waals surface area contributed by atoms with Gasteiger partial charge in [0.25, 0.3) is 5.89 Å². The maximum absolute atomic E-state index is 11.5. The van der Waals surface area contributed by atoms with E-state index in [1.165, 1.54) is 0 Å². The van der Waals surface area contributed by atoms with Crippen LogP contribution in [0.4, 0.5) is 5.69 Å². The summed E-state index contributed by atoms with van der Waals surface area (Å²) >= 11 is 0. The number of amides is 1. The Hall–Kier alpha value is -3.46. The van der Waals surface area contributed by atoms with Crippen molar-refractivity contribution in [2.75, 3.05) is 5.32 Å². The molecule has 6 heteroatoms. The molecule has 1 N–H and O–H groups in total. The van der Waals surface area contributed by atoms with Gasteiger partial charge in [-0.3, -0.25) is 4.79 Å². The first-order chi connectivity index (χ1) is 11.3. The van der Waals surface area contributed by atoms with Gasteiger partial charge in [0.05, 0.1) is 6.07 Å². The Morgan fingerprint density at radius 2 is 1.91 bits per heavy atom. The highest BCUT2D eigenvalue weighted by Crippen LogP contribution is 2.24. The van der Waals surface area contributed by atoms with Gasteiger partial charge in [-0.1, -0.05) is 41.6 Å². The van der Waals surface area contributed by atoms with Gasteiger partial charge in [-0.05, 0) is 18.2 Å². The van der Waals surface area contributed by atoms with E-state index in [1.54, 1.807) is 24.3 Å². The van der Waals surface area contributed by atoms with Crippen LogP contribution < -0.4 is 5.32 Å². The lowest BCUT2D eigenvalue weighted by molar-refractivity contribution is -0.115. The summed E-state index contributed by atoms with van der Waals surface area (Å²) in [5.41, 5.74) is 2.12. The van der Waals surface area contributed by atoms with Crippen molar-refractivity contribution in [1.29, 1.82) is 5.26 Å². The van der Waals surface area contributed by atoms with E-state index in [-0.39, 0.29) is 12.3 Å². The number of anilines is 1. The predicted octanol–water partition coefficient (Wildman–Crippen LogP) is 3.26. The molecule has 0 aliphatic rings. The van der Waals surface area contributed by atoms with Crippen molar-refractivity contribution in [3.8, 4) is 28.9 Å². The summed E-state index contributed by atoms with van der Waals surface area (Å²) in [4.78, 5) is 15.8. The van der Waals surface area contributed by atoms with E-state index in [1.807, 2.05) is 36.4 Å². The van der Waals surface area contributed by atoms with Crippen molar-refractivity contribution in [3.63, 3.8) is 0 Å². The van der Waals surface area contributed by atoms with Gasteiger partial charge in [-0.25, -0.2) is 0 Å². The Morgan fingerprint density at radius 3 is 2.70 bits per heavy atom.